The number of rotatable bonds is 4. The first-order chi connectivity index (χ1) is 4.49. The lowest BCUT2D eigenvalue weighted by Gasteiger charge is -2.23. The highest BCUT2D eigenvalue weighted by Gasteiger charge is 2.18. The first kappa shape index (κ1) is 10.5. The van der Waals surface area contributed by atoms with Gasteiger partial charge in [0.2, 0.25) is 0 Å². The normalized spacial score (nSPS) is 12.6. The molecule has 62 valence electrons. The molecule has 0 spiro atoms. The first-order valence-corrected chi connectivity index (χ1v) is 4.35. The number of hydrogen-bond donors (Lipinski definition) is 0. The molecule has 0 radical (unpaired) electrons. The van der Waals surface area contributed by atoms with Crippen molar-refractivity contribution in [2.45, 2.75) is 25.1 Å². The molecule has 0 saturated heterocycles. The van der Waals surface area contributed by atoms with Gasteiger partial charge in [0.25, 0.3) is 0 Å². The van der Waals surface area contributed by atoms with E-state index in [1.54, 1.807) is 0 Å². The third-order valence-corrected chi connectivity index (χ3v) is 1.63. The van der Waals surface area contributed by atoms with Gasteiger partial charge in [0.05, 0.1) is 0 Å². The average Bonchev–Trinajstić information content (AvgIpc) is 1.81. The van der Waals surface area contributed by atoms with Gasteiger partial charge in [-0.05, 0) is 20.0 Å². The fraction of sp³-hybridized carbons (Fsp3) is 1.00. The van der Waals surface area contributed by atoms with E-state index in [-0.39, 0.29) is 0 Å². The summed E-state index contributed by atoms with van der Waals surface area (Å²) < 4.78 is -0.605. The van der Waals surface area contributed by atoms with Crippen LogP contribution in [0.15, 0.2) is 0 Å². The van der Waals surface area contributed by atoms with Crippen molar-refractivity contribution in [1.82, 2.24) is 4.90 Å². The first-order valence-electron chi connectivity index (χ1n) is 3.59. The summed E-state index contributed by atoms with van der Waals surface area (Å²) >= 11 is 11.6. The predicted octanol–water partition coefficient (Wildman–Crippen LogP) is 2.52. The highest BCUT2D eigenvalue weighted by atomic mass is 35.5. The van der Waals surface area contributed by atoms with Crippen molar-refractivity contribution in [2.24, 2.45) is 0 Å². The summed E-state index contributed by atoms with van der Waals surface area (Å²) in [7, 11) is 0. The average molecular weight is 184 g/mol. The molecule has 0 amide bonds. The Hall–Kier alpha value is 0.540. The van der Waals surface area contributed by atoms with Crippen LogP contribution in [0.3, 0.4) is 0 Å². The topological polar surface area (TPSA) is 3.24 Å². The van der Waals surface area contributed by atoms with E-state index in [4.69, 9.17) is 23.2 Å². The molecular formula is C7H15Cl2N. The molecule has 0 atom stereocenters. The monoisotopic (exact) mass is 183 g/mol. The zero-order valence-electron chi connectivity index (χ0n) is 6.82. The van der Waals surface area contributed by atoms with Gasteiger partial charge in [-0.15, -0.1) is 23.2 Å². The zero-order valence-corrected chi connectivity index (χ0v) is 8.34. The van der Waals surface area contributed by atoms with Crippen LogP contribution >= 0.6 is 23.2 Å². The largest absolute Gasteiger partial charge is 0.301 e. The van der Waals surface area contributed by atoms with E-state index in [9.17, 15) is 0 Å². The highest BCUT2D eigenvalue weighted by Crippen LogP contribution is 2.20. The fourth-order valence-corrected chi connectivity index (χ4v) is 1.18. The molecule has 1 nitrogen and oxygen atoms in total. The van der Waals surface area contributed by atoms with Gasteiger partial charge in [-0.25, -0.2) is 0 Å². The number of nitrogens with zero attached hydrogens (tertiary/aromatic N) is 1. The Labute approximate surface area is 73.3 Å². The van der Waals surface area contributed by atoms with Crippen LogP contribution in [0.25, 0.3) is 0 Å². The SMILES string of the molecule is CCN(CC)CC(C)(Cl)Cl. The molecule has 0 bridgehead atoms. The van der Waals surface area contributed by atoms with Crippen LogP contribution in [0.5, 0.6) is 0 Å². The van der Waals surface area contributed by atoms with Gasteiger partial charge in [-0.3, -0.25) is 0 Å². The van der Waals surface area contributed by atoms with Crippen LogP contribution < -0.4 is 0 Å². The van der Waals surface area contributed by atoms with E-state index in [0.29, 0.717) is 0 Å². The third-order valence-electron chi connectivity index (χ3n) is 1.40. The minimum atomic E-state index is -0.605. The summed E-state index contributed by atoms with van der Waals surface area (Å²) in [6, 6.07) is 0. The number of halogens is 2. The van der Waals surface area contributed by atoms with Gasteiger partial charge in [-0.1, -0.05) is 13.8 Å². The van der Waals surface area contributed by atoms with Gasteiger partial charge in [-0.2, -0.15) is 0 Å². The van der Waals surface area contributed by atoms with Gasteiger partial charge in [0.15, 0.2) is 0 Å². The summed E-state index contributed by atoms with van der Waals surface area (Å²) in [6.07, 6.45) is 0. The molecule has 0 aromatic heterocycles. The van der Waals surface area contributed by atoms with Crippen molar-refractivity contribution in [1.29, 1.82) is 0 Å². The van der Waals surface area contributed by atoms with E-state index < -0.39 is 4.33 Å². The fourth-order valence-electron chi connectivity index (χ4n) is 0.840. The van der Waals surface area contributed by atoms with Crippen molar-refractivity contribution in [2.75, 3.05) is 19.6 Å². The lowest BCUT2D eigenvalue weighted by Crippen LogP contribution is -2.33. The highest BCUT2D eigenvalue weighted by molar-refractivity contribution is 6.48. The van der Waals surface area contributed by atoms with Crippen LogP contribution in [0.1, 0.15) is 20.8 Å². The molecule has 0 aliphatic carbocycles. The Kier molecular flexibility index (Phi) is 4.66. The second-order valence-corrected chi connectivity index (χ2v) is 4.39. The maximum absolute atomic E-state index is 5.81. The molecule has 0 aliphatic heterocycles. The van der Waals surface area contributed by atoms with Crippen LogP contribution in [0.4, 0.5) is 0 Å². The van der Waals surface area contributed by atoms with Gasteiger partial charge in [0.1, 0.15) is 4.33 Å². The summed E-state index contributed by atoms with van der Waals surface area (Å²) in [5.41, 5.74) is 0. The summed E-state index contributed by atoms with van der Waals surface area (Å²) in [5, 5.41) is 0. The Balaban J connectivity index is 3.63. The van der Waals surface area contributed by atoms with Crippen molar-refractivity contribution >= 4 is 23.2 Å². The molecule has 0 heterocycles. The molecule has 0 N–H and O–H groups in total. The van der Waals surface area contributed by atoms with E-state index in [0.717, 1.165) is 19.6 Å². The van der Waals surface area contributed by atoms with Crippen LogP contribution in [0.2, 0.25) is 0 Å². The van der Waals surface area contributed by atoms with Crippen LogP contribution in [-0.4, -0.2) is 28.9 Å². The van der Waals surface area contributed by atoms with Crippen LogP contribution in [-0.2, 0) is 0 Å². The smallest absolute Gasteiger partial charge is 0.128 e. The lowest BCUT2D eigenvalue weighted by molar-refractivity contribution is 0.298. The zero-order chi connectivity index (χ0) is 8.20. The maximum Gasteiger partial charge on any atom is 0.128 e. The summed E-state index contributed by atoms with van der Waals surface area (Å²) in [6.45, 7) is 8.76. The van der Waals surface area contributed by atoms with Crippen molar-refractivity contribution in [3.63, 3.8) is 0 Å². The van der Waals surface area contributed by atoms with E-state index in [1.165, 1.54) is 0 Å². The second kappa shape index (κ2) is 4.42. The van der Waals surface area contributed by atoms with E-state index in [2.05, 4.69) is 18.7 Å². The van der Waals surface area contributed by atoms with E-state index in [1.807, 2.05) is 6.92 Å². The summed E-state index contributed by atoms with van der Waals surface area (Å²) in [5.74, 6) is 0. The van der Waals surface area contributed by atoms with E-state index >= 15 is 0 Å². The predicted molar refractivity (Wildman–Crippen MR) is 47.9 cm³/mol. The Morgan fingerprint density at radius 1 is 1.20 bits per heavy atom. The van der Waals surface area contributed by atoms with Crippen molar-refractivity contribution in [3.05, 3.63) is 0 Å². The van der Waals surface area contributed by atoms with Crippen LogP contribution in [0, 0.1) is 0 Å². The van der Waals surface area contributed by atoms with Crippen molar-refractivity contribution < 1.29 is 0 Å². The maximum atomic E-state index is 5.81. The molecule has 0 aromatic carbocycles. The molecule has 0 aliphatic rings. The molecular weight excluding hydrogens is 169 g/mol. The summed E-state index contributed by atoms with van der Waals surface area (Å²) in [4.78, 5) is 2.19. The Morgan fingerprint density at radius 3 is 1.70 bits per heavy atom. The Morgan fingerprint density at radius 2 is 1.60 bits per heavy atom. The third kappa shape index (κ3) is 5.33. The minimum absolute atomic E-state index is 0.605. The lowest BCUT2D eigenvalue weighted by atomic mass is 10.4. The van der Waals surface area contributed by atoms with Gasteiger partial charge >= 0.3 is 0 Å². The second-order valence-electron chi connectivity index (χ2n) is 2.53. The molecule has 0 rings (SSSR count). The standard InChI is InChI=1S/C7H15Cl2N/c1-4-10(5-2)6-7(3,8)9/h4-6H2,1-3H3. The Bertz CT molecular complexity index is 84.1. The van der Waals surface area contributed by atoms with Gasteiger partial charge in [0, 0.05) is 6.54 Å². The van der Waals surface area contributed by atoms with Gasteiger partial charge < -0.3 is 4.90 Å². The molecule has 0 aromatic rings. The quantitative estimate of drug-likeness (QED) is 0.607. The molecule has 0 unspecified atom stereocenters. The minimum Gasteiger partial charge on any atom is -0.301 e. The van der Waals surface area contributed by atoms with Crippen molar-refractivity contribution in [3.8, 4) is 0 Å². The molecule has 10 heavy (non-hydrogen) atoms. The molecule has 3 heteroatoms. The molecule has 0 fully saturated rings. The number of hydrogen-bond acceptors (Lipinski definition) is 1. The molecule has 0 saturated carbocycles. The number of alkyl halides is 2.